The summed E-state index contributed by atoms with van der Waals surface area (Å²) in [6, 6.07) is 1.83. The summed E-state index contributed by atoms with van der Waals surface area (Å²) in [5.74, 6) is 1.22. The highest BCUT2D eigenvalue weighted by molar-refractivity contribution is 7.09. The Morgan fingerprint density at radius 3 is 2.74 bits per heavy atom. The van der Waals surface area contributed by atoms with E-state index in [0.717, 1.165) is 29.4 Å². The van der Waals surface area contributed by atoms with E-state index in [1.807, 2.05) is 26.8 Å². The molecule has 0 amide bonds. The molecule has 0 aliphatic heterocycles. The number of hydrogen-bond donors (Lipinski definition) is 1. The van der Waals surface area contributed by atoms with Crippen LogP contribution in [0.4, 0.5) is 5.95 Å². The SMILES string of the molecule is CCOc1cc(C)nc(NCCc2nc(C)cs2)n1. The van der Waals surface area contributed by atoms with Crippen molar-refractivity contribution in [2.75, 3.05) is 18.5 Å². The van der Waals surface area contributed by atoms with Gasteiger partial charge in [0.15, 0.2) is 0 Å². The molecule has 2 aromatic heterocycles. The van der Waals surface area contributed by atoms with Gasteiger partial charge in [-0.15, -0.1) is 11.3 Å². The van der Waals surface area contributed by atoms with Crippen LogP contribution in [0.15, 0.2) is 11.4 Å². The van der Waals surface area contributed by atoms with E-state index in [-0.39, 0.29) is 0 Å². The summed E-state index contributed by atoms with van der Waals surface area (Å²) in [6.45, 7) is 7.25. The van der Waals surface area contributed by atoms with Gasteiger partial charge in [0.2, 0.25) is 11.8 Å². The molecule has 0 unspecified atom stereocenters. The quantitative estimate of drug-likeness (QED) is 0.880. The van der Waals surface area contributed by atoms with Crippen LogP contribution in [-0.4, -0.2) is 28.1 Å². The van der Waals surface area contributed by atoms with Gasteiger partial charge < -0.3 is 10.1 Å². The lowest BCUT2D eigenvalue weighted by molar-refractivity contribution is 0.326. The minimum atomic E-state index is 0.605. The molecule has 0 aliphatic carbocycles. The van der Waals surface area contributed by atoms with Crippen molar-refractivity contribution in [1.82, 2.24) is 15.0 Å². The van der Waals surface area contributed by atoms with Crippen molar-refractivity contribution < 1.29 is 4.74 Å². The third-order valence-corrected chi connectivity index (χ3v) is 3.44. The first-order valence-electron chi connectivity index (χ1n) is 6.30. The molecule has 0 fully saturated rings. The third kappa shape index (κ3) is 4.17. The number of ether oxygens (including phenoxy) is 1. The van der Waals surface area contributed by atoms with Gasteiger partial charge in [-0.2, -0.15) is 4.98 Å². The zero-order valence-corrected chi connectivity index (χ0v) is 12.3. The Labute approximate surface area is 117 Å². The second kappa shape index (κ2) is 6.47. The smallest absolute Gasteiger partial charge is 0.226 e. The largest absolute Gasteiger partial charge is 0.478 e. The molecule has 0 saturated carbocycles. The zero-order chi connectivity index (χ0) is 13.7. The maximum Gasteiger partial charge on any atom is 0.226 e. The summed E-state index contributed by atoms with van der Waals surface area (Å²) in [6.07, 6.45) is 0.875. The second-order valence-corrected chi connectivity index (χ2v) is 5.11. The number of nitrogens with zero attached hydrogens (tertiary/aromatic N) is 3. The van der Waals surface area contributed by atoms with Gasteiger partial charge in [-0.1, -0.05) is 0 Å². The molecular weight excluding hydrogens is 260 g/mol. The molecule has 19 heavy (non-hydrogen) atoms. The predicted octanol–water partition coefficient (Wildman–Crippen LogP) is 2.60. The fraction of sp³-hybridized carbons (Fsp3) is 0.462. The number of anilines is 1. The molecule has 0 aliphatic rings. The summed E-state index contributed by atoms with van der Waals surface area (Å²) < 4.78 is 5.39. The van der Waals surface area contributed by atoms with Gasteiger partial charge in [0, 0.05) is 35.8 Å². The molecule has 0 radical (unpaired) electrons. The number of aromatic nitrogens is 3. The van der Waals surface area contributed by atoms with Crippen molar-refractivity contribution in [3.8, 4) is 5.88 Å². The van der Waals surface area contributed by atoms with Crippen molar-refractivity contribution in [3.05, 3.63) is 27.8 Å². The van der Waals surface area contributed by atoms with E-state index in [1.165, 1.54) is 0 Å². The Hall–Kier alpha value is -1.69. The molecule has 0 spiro atoms. The predicted molar refractivity (Wildman–Crippen MR) is 77.0 cm³/mol. The number of rotatable bonds is 6. The maximum atomic E-state index is 5.39. The number of nitrogens with one attached hydrogen (secondary N) is 1. The molecule has 102 valence electrons. The van der Waals surface area contributed by atoms with E-state index in [9.17, 15) is 0 Å². The molecule has 0 bridgehead atoms. The van der Waals surface area contributed by atoms with E-state index in [0.29, 0.717) is 18.4 Å². The summed E-state index contributed by atoms with van der Waals surface area (Å²) in [4.78, 5) is 13.1. The van der Waals surface area contributed by atoms with Crippen LogP contribution in [0.25, 0.3) is 0 Å². The lowest BCUT2D eigenvalue weighted by Crippen LogP contribution is -2.09. The topological polar surface area (TPSA) is 59.9 Å². The van der Waals surface area contributed by atoms with Gasteiger partial charge >= 0.3 is 0 Å². The standard InChI is InChI=1S/C13H18N4OS/c1-4-18-11-7-9(2)16-13(17-11)14-6-5-12-15-10(3)8-19-12/h7-8H,4-6H2,1-3H3,(H,14,16,17). The average molecular weight is 278 g/mol. The molecule has 2 rings (SSSR count). The van der Waals surface area contributed by atoms with Crippen LogP contribution in [0.2, 0.25) is 0 Å². The summed E-state index contributed by atoms with van der Waals surface area (Å²) in [5, 5.41) is 6.40. The van der Waals surface area contributed by atoms with Gasteiger partial charge in [-0.05, 0) is 20.8 Å². The van der Waals surface area contributed by atoms with E-state index in [1.54, 1.807) is 11.3 Å². The Balaban J connectivity index is 1.91. The molecule has 5 nitrogen and oxygen atoms in total. The summed E-state index contributed by atoms with van der Waals surface area (Å²) in [7, 11) is 0. The van der Waals surface area contributed by atoms with Gasteiger partial charge in [0.05, 0.1) is 11.6 Å². The van der Waals surface area contributed by atoms with Gasteiger partial charge in [0.1, 0.15) is 0 Å². The number of aryl methyl sites for hydroxylation is 2. The average Bonchev–Trinajstić information content (AvgIpc) is 2.75. The van der Waals surface area contributed by atoms with Crippen LogP contribution in [0.1, 0.15) is 23.3 Å². The fourth-order valence-electron chi connectivity index (χ4n) is 1.64. The highest BCUT2D eigenvalue weighted by Gasteiger charge is 2.03. The molecule has 1 N–H and O–H groups in total. The highest BCUT2D eigenvalue weighted by atomic mass is 32.1. The van der Waals surface area contributed by atoms with Crippen molar-refractivity contribution in [2.45, 2.75) is 27.2 Å². The second-order valence-electron chi connectivity index (χ2n) is 4.16. The van der Waals surface area contributed by atoms with Crippen LogP contribution in [0.3, 0.4) is 0 Å². The van der Waals surface area contributed by atoms with E-state index in [4.69, 9.17) is 4.74 Å². The minimum Gasteiger partial charge on any atom is -0.478 e. The molecule has 0 atom stereocenters. The van der Waals surface area contributed by atoms with Gasteiger partial charge in [0.25, 0.3) is 0 Å². The molecule has 6 heteroatoms. The Morgan fingerprint density at radius 1 is 1.21 bits per heavy atom. The van der Waals surface area contributed by atoms with Crippen molar-refractivity contribution in [3.63, 3.8) is 0 Å². The third-order valence-electron chi connectivity index (χ3n) is 2.41. The van der Waals surface area contributed by atoms with Crippen molar-refractivity contribution in [1.29, 1.82) is 0 Å². The van der Waals surface area contributed by atoms with Crippen LogP contribution in [0.5, 0.6) is 5.88 Å². The lowest BCUT2D eigenvalue weighted by atomic mass is 10.4. The molecule has 0 aromatic carbocycles. The van der Waals surface area contributed by atoms with E-state index >= 15 is 0 Å². The Bertz CT molecular complexity index is 541. The first-order chi connectivity index (χ1) is 9.17. The lowest BCUT2D eigenvalue weighted by Gasteiger charge is -2.07. The molecular formula is C13H18N4OS. The van der Waals surface area contributed by atoms with Crippen LogP contribution < -0.4 is 10.1 Å². The highest BCUT2D eigenvalue weighted by Crippen LogP contribution is 2.13. The Morgan fingerprint density at radius 2 is 2.05 bits per heavy atom. The maximum absolute atomic E-state index is 5.39. The monoisotopic (exact) mass is 278 g/mol. The summed E-state index contributed by atoms with van der Waals surface area (Å²) in [5.41, 5.74) is 1.97. The normalized spacial score (nSPS) is 10.5. The summed E-state index contributed by atoms with van der Waals surface area (Å²) >= 11 is 1.68. The molecule has 0 saturated heterocycles. The van der Waals surface area contributed by atoms with Gasteiger partial charge in [-0.3, -0.25) is 0 Å². The molecule has 2 heterocycles. The Kier molecular flexibility index (Phi) is 4.68. The van der Waals surface area contributed by atoms with Crippen LogP contribution >= 0.6 is 11.3 Å². The first kappa shape index (κ1) is 13.7. The van der Waals surface area contributed by atoms with E-state index in [2.05, 4.69) is 25.6 Å². The van der Waals surface area contributed by atoms with Crippen molar-refractivity contribution in [2.24, 2.45) is 0 Å². The zero-order valence-electron chi connectivity index (χ0n) is 11.4. The van der Waals surface area contributed by atoms with Crippen LogP contribution in [0, 0.1) is 13.8 Å². The molecule has 2 aromatic rings. The first-order valence-corrected chi connectivity index (χ1v) is 7.18. The van der Waals surface area contributed by atoms with Crippen LogP contribution in [-0.2, 0) is 6.42 Å². The number of hydrogen-bond acceptors (Lipinski definition) is 6. The van der Waals surface area contributed by atoms with Crippen molar-refractivity contribution >= 4 is 17.3 Å². The fourth-order valence-corrected chi connectivity index (χ4v) is 2.42. The van der Waals surface area contributed by atoms with Gasteiger partial charge in [-0.25, -0.2) is 9.97 Å². The minimum absolute atomic E-state index is 0.605. The number of thiazole rings is 1. The van der Waals surface area contributed by atoms with E-state index < -0.39 is 0 Å².